The lowest BCUT2D eigenvalue weighted by Gasteiger charge is -2.15. The minimum Gasteiger partial charge on any atom is -0.491 e. The topological polar surface area (TPSA) is 46.6 Å². The Morgan fingerprint density at radius 2 is 1.83 bits per heavy atom. The number of likely N-dealkylation sites (tertiary alicyclic amines) is 1. The molecule has 0 saturated carbocycles. The maximum atomic E-state index is 11.4. The molecule has 1 saturated heterocycles. The van der Waals surface area contributed by atoms with Gasteiger partial charge in [-0.15, -0.1) is 0 Å². The summed E-state index contributed by atoms with van der Waals surface area (Å²) < 4.78 is 5.63. The van der Waals surface area contributed by atoms with Gasteiger partial charge in [-0.25, -0.2) is 0 Å². The summed E-state index contributed by atoms with van der Waals surface area (Å²) in [4.78, 5) is 24.1. The summed E-state index contributed by atoms with van der Waals surface area (Å²) in [5.41, 5.74) is 2.18. The first-order valence-corrected chi connectivity index (χ1v) is 6.11. The molecule has 0 aromatic heterocycles. The van der Waals surface area contributed by atoms with Crippen LogP contribution in [0.2, 0.25) is 0 Å². The number of carbonyl (C=O) groups excluding carboxylic acids is 2. The molecular formula is C14H17NO3. The molecule has 0 bridgehead atoms. The molecule has 1 aliphatic rings. The normalized spacial score (nSPS) is 15.3. The molecule has 1 aliphatic heterocycles. The molecular weight excluding hydrogens is 230 g/mol. The molecule has 1 aromatic carbocycles. The zero-order valence-electron chi connectivity index (χ0n) is 10.7. The molecule has 4 heteroatoms. The second-order valence-electron chi connectivity index (χ2n) is 4.56. The van der Waals surface area contributed by atoms with Gasteiger partial charge in [-0.2, -0.15) is 0 Å². The van der Waals surface area contributed by atoms with Gasteiger partial charge >= 0.3 is 0 Å². The van der Waals surface area contributed by atoms with Crippen LogP contribution >= 0.6 is 0 Å². The van der Waals surface area contributed by atoms with Gasteiger partial charge in [0.25, 0.3) is 0 Å². The average molecular weight is 247 g/mol. The van der Waals surface area contributed by atoms with Gasteiger partial charge in [-0.1, -0.05) is 12.1 Å². The zero-order chi connectivity index (χ0) is 13.1. The number of hydrogen-bond donors (Lipinski definition) is 0. The molecule has 4 nitrogen and oxygen atoms in total. The third kappa shape index (κ3) is 2.70. The highest BCUT2D eigenvalue weighted by Crippen LogP contribution is 2.19. The van der Waals surface area contributed by atoms with E-state index in [-0.39, 0.29) is 11.8 Å². The molecule has 1 heterocycles. The third-order valence-corrected chi connectivity index (χ3v) is 3.07. The maximum absolute atomic E-state index is 11.4. The van der Waals surface area contributed by atoms with Gasteiger partial charge in [0.2, 0.25) is 11.8 Å². The summed E-state index contributed by atoms with van der Waals surface area (Å²) in [7, 11) is 0. The molecule has 0 atom stereocenters. The lowest BCUT2D eigenvalue weighted by Crippen LogP contribution is -2.33. The van der Waals surface area contributed by atoms with Crippen molar-refractivity contribution in [3.8, 4) is 5.75 Å². The van der Waals surface area contributed by atoms with Crippen molar-refractivity contribution < 1.29 is 14.3 Å². The Hall–Kier alpha value is -1.84. The number of imide groups is 1. The van der Waals surface area contributed by atoms with E-state index >= 15 is 0 Å². The minimum atomic E-state index is -0.0930. The van der Waals surface area contributed by atoms with Gasteiger partial charge in [-0.05, 0) is 31.0 Å². The van der Waals surface area contributed by atoms with E-state index in [0.717, 1.165) is 16.9 Å². The molecule has 0 unspecified atom stereocenters. The highest BCUT2D eigenvalue weighted by Gasteiger charge is 2.28. The van der Waals surface area contributed by atoms with Crippen molar-refractivity contribution in [2.24, 2.45) is 0 Å². The second kappa shape index (κ2) is 5.21. The second-order valence-corrected chi connectivity index (χ2v) is 4.56. The van der Waals surface area contributed by atoms with Crippen LogP contribution in [0.3, 0.4) is 0 Å². The lowest BCUT2D eigenvalue weighted by atomic mass is 10.1. The van der Waals surface area contributed by atoms with Crippen molar-refractivity contribution in [1.82, 2.24) is 4.90 Å². The Bertz CT molecular complexity index is 466. The number of hydrogen-bond acceptors (Lipinski definition) is 3. The van der Waals surface area contributed by atoms with Gasteiger partial charge in [0, 0.05) is 12.8 Å². The van der Waals surface area contributed by atoms with Gasteiger partial charge in [-0.3, -0.25) is 14.5 Å². The number of carbonyl (C=O) groups is 2. The van der Waals surface area contributed by atoms with Crippen molar-refractivity contribution in [1.29, 1.82) is 0 Å². The minimum absolute atomic E-state index is 0.0930. The molecule has 0 radical (unpaired) electrons. The quantitative estimate of drug-likeness (QED) is 0.763. The van der Waals surface area contributed by atoms with Gasteiger partial charge in [0.1, 0.15) is 12.4 Å². The highest BCUT2D eigenvalue weighted by molar-refractivity contribution is 6.01. The van der Waals surface area contributed by atoms with E-state index in [1.54, 1.807) is 0 Å². The Balaban J connectivity index is 1.90. The standard InChI is InChI=1S/C14H17NO3/c1-10-3-4-11(2)12(9-10)18-8-7-15-13(16)5-6-14(15)17/h3-4,9H,5-8H2,1-2H3. The molecule has 1 fully saturated rings. The zero-order valence-corrected chi connectivity index (χ0v) is 10.7. The number of ether oxygens (including phenoxy) is 1. The molecule has 18 heavy (non-hydrogen) atoms. The molecule has 2 amide bonds. The van der Waals surface area contributed by atoms with Crippen molar-refractivity contribution in [2.75, 3.05) is 13.2 Å². The summed E-state index contributed by atoms with van der Waals surface area (Å²) >= 11 is 0. The Labute approximate surface area is 107 Å². The fraction of sp³-hybridized carbons (Fsp3) is 0.429. The van der Waals surface area contributed by atoms with Crippen LogP contribution in [-0.2, 0) is 9.59 Å². The summed E-state index contributed by atoms with van der Waals surface area (Å²) in [6, 6.07) is 5.98. The van der Waals surface area contributed by atoms with Crippen LogP contribution in [0.15, 0.2) is 18.2 Å². The van der Waals surface area contributed by atoms with E-state index in [0.29, 0.717) is 26.0 Å². The van der Waals surface area contributed by atoms with Crippen LogP contribution in [0, 0.1) is 13.8 Å². The average Bonchev–Trinajstić information content (AvgIpc) is 2.65. The Morgan fingerprint density at radius 1 is 1.17 bits per heavy atom. The number of aryl methyl sites for hydroxylation is 2. The van der Waals surface area contributed by atoms with E-state index in [2.05, 4.69) is 0 Å². The molecule has 96 valence electrons. The number of benzene rings is 1. The Morgan fingerprint density at radius 3 is 2.50 bits per heavy atom. The van der Waals surface area contributed by atoms with Gasteiger partial charge in [0.05, 0.1) is 6.54 Å². The SMILES string of the molecule is Cc1ccc(C)c(OCCN2C(=O)CCC2=O)c1. The first-order chi connectivity index (χ1) is 8.58. The summed E-state index contributed by atoms with van der Waals surface area (Å²) in [6.07, 6.45) is 0.671. The summed E-state index contributed by atoms with van der Waals surface area (Å²) in [5.74, 6) is 0.628. The molecule has 2 rings (SSSR count). The fourth-order valence-electron chi connectivity index (χ4n) is 1.98. The maximum Gasteiger partial charge on any atom is 0.229 e. The predicted octanol–water partition coefficient (Wildman–Crippen LogP) is 1.83. The number of rotatable bonds is 4. The van der Waals surface area contributed by atoms with Crippen LogP contribution in [0.4, 0.5) is 0 Å². The van der Waals surface area contributed by atoms with Gasteiger partial charge in [0.15, 0.2) is 0 Å². The van der Waals surface area contributed by atoms with E-state index in [9.17, 15) is 9.59 Å². The monoisotopic (exact) mass is 247 g/mol. The van der Waals surface area contributed by atoms with E-state index in [1.165, 1.54) is 4.90 Å². The van der Waals surface area contributed by atoms with Crippen molar-refractivity contribution >= 4 is 11.8 Å². The molecule has 1 aromatic rings. The molecule has 0 N–H and O–H groups in total. The molecule has 0 aliphatic carbocycles. The van der Waals surface area contributed by atoms with Crippen LogP contribution in [-0.4, -0.2) is 29.9 Å². The number of nitrogens with zero attached hydrogens (tertiary/aromatic N) is 1. The van der Waals surface area contributed by atoms with Crippen molar-refractivity contribution in [3.05, 3.63) is 29.3 Å². The largest absolute Gasteiger partial charge is 0.491 e. The van der Waals surface area contributed by atoms with Gasteiger partial charge < -0.3 is 4.74 Å². The van der Waals surface area contributed by atoms with Crippen LogP contribution in [0.25, 0.3) is 0 Å². The first-order valence-electron chi connectivity index (χ1n) is 6.11. The van der Waals surface area contributed by atoms with Crippen molar-refractivity contribution in [3.63, 3.8) is 0 Å². The lowest BCUT2D eigenvalue weighted by molar-refractivity contribution is -0.138. The summed E-state index contributed by atoms with van der Waals surface area (Å²) in [6.45, 7) is 4.66. The highest BCUT2D eigenvalue weighted by atomic mass is 16.5. The third-order valence-electron chi connectivity index (χ3n) is 3.07. The van der Waals surface area contributed by atoms with Crippen LogP contribution in [0.5, 0.6) is 5.75 Å². The first kappa shape index (κ1) is 12.6. The summed E-state index contributed by atoms with van der Waals surface area (Å²) in [5, 5.41) is 0. The smallest absolute Gasteiger partial charge is 0.229 e. The fourth-order valence-corrected chi connectivity index (χ4v) is 1.98. The van der Waals surface area contributed by atoms with E-state index in [4.69, 9.17) is 4.74 Å². The van der Waals surface area contributed by atoms with E-state index < -0.39 is 0 Å². The van der Waals surface area contributed by atoms with Crippen molar-refractivity contribution in [2.45, 2.75) is 26.7 Å². The number of amides is 2. The predicted molar refractivity (Wildman–Crippen MR) is 67.4 cm³/mol. The Kier molecular flexibility index (Phi) is 3.65. The van der Waals surface area contributed by atoms with Crippen LogP contribution in [0.1, 0.15) is 24.0 Å². The van der Waals surface area contributed by atoms with Crippen LogP contribution < -0.4 is 4.74 Å². The molecule has 0 spiro atoms. The van der Waals surface area contributed by atoms with E-state index in [1.807, 2.05) is 32.0 Å².